The molecule has 0 aromatic heterocycles. The molecule has 0 spiro atoms. The van der Waals surface area contributed by atoms with E-state index in [-0.39, 0.29) is 0 Å². The maximum atomic E-state index is 12.4. The van der Waals surface area contributed by atoms with Gasteiger partial charge >= 0.3 is 0 Å². The van der Waals surface area contributed by atoms with Crippen LogP contribution in [-0.2, 0) is 16.4 Å². The van der Waals surface area contributed by atoms with Crippen molar-refractivity contribution in [3.05, 3.63) is 42.0 Å². The minimum atomic E-state index is -3.44. The van der Waals surface area contributed by atoms with Gasteiger partial charge in [-0.25, -0.2) is 8.42 Å². The Balaban J connectivity index is 3.01. The number of alkyl halides is 1. The quantitative estimate of drug-likeness (QED) is 0.573. The second-order valence-corrected chi connectivity index (χ2v) is 6.79. The molecule has 106 valence electrons. The third-order valence-electron chi connectivity index (χ3n) is 2.74. The maximum absolute atomic E-state index is 12.4. The molecule has 0 amide bonds. The molecule has 0 saturated carbocycles. The van der Waals surface area contributed by atoms with Crippen LogP contribution in [0.3, 0.4) is 0 Å². The highest BCUT2D eigenvalue weighted by atomic mass is 35.5. The van der Waals surface area contributed by atoms with Crippen molar-refractivity contribution in [3.63, 3.8) is 0 Å². The summed E-state index contributed by atoms with van der Waals surface area (Å²) in [5.41, 5.74) is 1.86. The van der Waals surface area contributed by atoms with E-state index < -0.39 is 10.0 Å². The van der Waals surface area contributed by atoms with Gasteiger partial charge in [-0.15, -0.1) is 11.6 Å². The normalized spacial score (nSPS) is 11.8. The van der Waals surface area contributed by atoms with Crippen LogP contribution in [0.5, 0.6) is 0 Å². The first kappa shape index (κ1) is 16.2. The summed E-state index contributed by atoms with van der Waals surface area (Å²) < 4.78 is 26.3. The van der Waals surface area contributed by atoms with Crippen molar-refractivity contribution >= 4 is 21.6 Å². The third kappa shape index (κ3) is 4.34. The first-order valence-electron chi connectivity index (χ1n) is 6.21. The van der Waals surface area contributed by atoms with Crippen molar-refractivity contribution in [3.8, 4) is 0 Å². The molecular weight excluding hydrogens is 282 g/mol. The molecule has 0 unspecified atom stereocenters. The van der Waals surface area contributed by atoms with Crippen LogP contribution in [0.15, 0.2) is 41.3 Å². The Bertz CT molecular complexity index is 523. The number of likely N-dealkylation sites (N-methyl/N-ethyl adjacent to an activating group) is 1. The Morgan fingerprint density at radius 2 is 1.89 bits per heavy atom. The summed E-state index contributed by atoms with van der Waals surface area (Å²) in [6, 6.07) is 6.89. The fraction of sp³-hybridized carbons (Fsp3) is 0.429. The molecule has 3 nitrogen and oxygen atoms in total. The first-order chi connectivity index (χ1) is 8.91. The number of aryl methyl sites for hydroxylation is 1. The molecule has 1 aromatic rings. The molecular formula is C14H20ClNO2S. The summed E-state index contributed by atoms with van der Waals surface area (Å²) in [5.74, 6) is 0.531. The fourth-order valence-electron chi connectivity index (χ4n) is 1.75. The van der Waals surface area contributed by atoms with Gasteiger partial charge in [0.1, 0.15) is 0 Å². The monoisotopic (exact) mass is 301 g/mol. The number of hydrogen-bond acceptors (Lipinski definition) is 2. The summed E-state index contributed by atoms with van der Waals surface area (Å²) in [7, 11) is -3.44. The lowest BCUT2D eigenvalue weighted by Crippen LogP contribution is -2.32. The number of sulfonamides is 1. The van der Waals surface area contributed by atoms with E-state index in [1.807, 2.05) is 26.0 Å². The predicted molar refractivity (Wildman–Crippen MR) is 80.1 cm³/mol. The first-order valence-corrected chi connectivity index (χ1v) is 8.18. The number of rotatable bonds is 7. The third-order valence-corrected chi connectivity index (χ3v) is 4.87. The summed E-state index contributed by atoms with van der Waals surface area (Å²) in [4.78, 5) is 0.314. The molecule has 0 fully saturated rings. The van der Waals surface area contributed by atoms with Crippen molar-refractivity contribution in [1.82, 2.24) is 4.31 Å². The topological polar surface area (TPSA) is 37.4 Å². The summed E-state index contributed by atoms with van der Waals surface area (Å²) in [6.07, 6.45) is 0.741. The van der Waals surface area contributed by atoms with Crippen LogP contribution < -0.4 is 0 Å². The van der Waals surface area contributed by atoms with Crippen LogP contribution in [0.1, 0.15) is 19.4 Å². The zero-order valence-electron chi connectivity index (χ0n) is 11.4. The Hall–Kier alpha value is -0.840. The van der Waals surface area contributed by atoms with Crippen LogP contribution >= 0.6 is 11.6 Å². The zero-order valence-corrected chi connectivity index (χ0v) is 13.0. The maximum Gasteiger partial charge on any atom is 0.243 e. The highest BCUT2D eigenvalue weighted by Crippen LogP contribution is 2.17. The van der Waals surface area contributed by atoms with E-state index in [1.165, 1.54) is 4.31 Å². The van der Waals surface area contributed by atoms with Crippen LogP contribution in [0.25, 0.3) is 0 Å². The zero-order chi connectivity index (χ0) is 14.5. The van der Waals surface area contributed by atoms with Gasteiger partial charge < -0.3 is 0 Å². The van der Waals surface area contributed by atoms with Gasteiger partial charge in [0.2, 0.25) is 10.0 Å². The van der Waals surface area contributed by atoms with Crippen molar-refractivity contribution in [2.75, 3.05) is 19.0 Å². The molecule has 1 aromatic carbocycles. The number of hydrogen-bond donors (Lipinski definition) is 0. The minimum Gasteiger partial charge on any atom is -0.207 e. The smallest absolute Gasteiger partial charge is 0.207 e. The Labute approximate surface area is 120 Å². The molecule has 0 aliphatic rings. The van der Waals surface area contributed by atoms with Crippen molar-refractivity contribution in [1.29, 1.82) is 0 Å². The Kier molecular flexibility index (Phi) is 6.04. The lowest BCUT2D eigenvalue weighted by molar-refractivity contribution is 0.453. The van der Waals surface area contributed by atoms with Gasteiger partial charge in [-0.1, -0.05) is 31.2 Å². The second-order valence-electron chi connectivity index (χ2n) is 4.47. The van der Waals surface area contributed by atoms with Gasteiger partial charge in [0, 0.05) is 19.0 Å². The highest BCUT2D eigenvalue weighted by molar-refractivity contribution is 7.89. The average Bonchev–Trinajstić information content (AvgIpc) is 2.36. The van der Waals surface area contributed by atoms with Crippen molar-refractivity contribution in [2.24, 2.45) is 0 Å². The minimum absolute atomic E-state index is 0.314. The Morgan fingerprint density at radius 1 is 1.32 bits per heavy atom. The molecule has 0 atom stereocenters. The lowest BCUT2D eigenvalue weighted by Gasteiger charge is -2.20. The largest absolute Gasteiger partial charge is 0.243 e. The second kappa shape index (κ2) is 7.08. The molecule has 5 heteroatoms. The number of halogens is 1. The van der Waals surface area contributed by atoms with E-state index in [1.54, 1.807) is 12.1 Å². The van der Waals surface area contributed by atoms with Gasteiger partial charge in [-0.3, -0.25) is 0 Å². The lowest BCUT2D eigenvalue weighted by atomic mass is 10.2. The molecule has 0 aliphatic carbocycles. The Morgan fingerprint density at radius 3 is 2.32 bits per heavy atom. The number of nitrogens with zero attached hydrogens (tertiary/aromatic N) is 1. The van der Waals surface area contributed by atoms with Crippen LogP contribution in [0.4, 0.5) is 0 Å². The van der Waals surface area contributed by atoms with E-state index in [4.69, 9.17) is 11.6 Å². The van der Waals surface area contributed by atoms with Gasteiger partial charge in [0.15, 0.2) is 0 Å². The van der Waals surface area contributed by atoms with Crippen LogP contribution in [0.2, 0.25) is 0 Å². The highest BCUT2D eigenvalue weighted by Gasteiger charge is 2.22. The van der Waals surface area contributed by atoms with Gasteiger partial charge in [-0.05, 0) is 31.0 Å². The average molecular weight is 302 g/mol. The van der Waals surface area contributed by atoms with E-state index in [9.17, 15) is 8.42 Å². The van der Waals surface area contributed by atoms with Crippen molar-refractivity contribution < 1.29 is 8.42 Å². The molecule has 1 rings (SSSR count). The SMILES string of the molecule is C=C(C)CN(CC)S(=O)(=O)c1ccc(CCCl)cc1. The molecule has 19 heavy (non-hydrogen) atoms. The van der Waals surface area contributed by atoms with Gasteiger partial charge in [-0.2, -0.15) is 4.31 Å². The number of benzene rings is 1. The molecule has 0 heterocycles. The summed E-state index contributed by atoms with van der Waals surface area (Å²) in [5, 5.41) is 0. The van der Waals surface area contributed by atoms with E-state index in [2.05, 4.69) is 6.58 Å². The van der Waals surface area contributed by atoms with E-state index in [0.29, 0.717) is 23.9 Å². The standard InChI is InChI=1S/C14H20ClNO2S/c1-4-16(11-12(2)3)19(17,18)14-7-5-13(6-8-14)9-10-15/h5-8H,2,4,9-11H2,1,3H3. The molecule has 0 saturated heterocycles. The van der Waals surface area contributed by atoms with Gasteiger partial charge in [0.05, 0.1) is 4.90 Å². The van der Waals surface area contributed by atoms with Crippen LogP contribution in [-0.4, -0.2) is 31.7 Å². The molecule has 0 N–H and O–H groups in total. The molecule has 0 bridgehead atoms. The van der Waals surface area contributed by atoms with Gasteiger partial charge in [0.25, 0.3) is 0 Å². The predicted octanol–water partition coefficient (Wildman–Crippen LogP) is 3.05. The van der Waals surface area contributed by atoms with E-state index in [0.717, 1.165) is 17.6 Å². The molecule has 0 radical (unpaired) electrons. The summed E-state index contributed by atoms with van der Waals surface area (Å²) >= 11 is 5.66. The summed E-state index contributed by atoms with van der Waals surface area (Å²) in [6.45, 7) is 8.19. The molecule has 0 aliphatic heterocycles. The van der Waals surface area contributed by atoms with Crippen LogP contribution in [0, 0.1) is 0 Å². The van der Waals surface area contributed by atoms with Crippen molar-refractivity contribution in [2.45, 2.75) is 25.2 Å². The van der Waals surface area contributed by atoms with E-state index >= 15 is 0 Å². The fourth-order valence-corrected chi connectivity index (χ4v) is 3.48.